The average molecular weight is 126 g/mol. The maximum absolute atomic E-state index is 10.6. The van der Waals surface area contributed by atoms with E-state index in [-0.39, 0.29) is 0 Å². The Kier molecular flexibility index (Phi) is 1.62. The Hall–Kier alpha value is -0.390. The molecule has 1 heterocycles. The van der Waals surface area contributed by atoms with E-state index in [0.717, 1.165) is 17.7 Å². The van der Waals surface area contributed by atoms with Gasteiger partial charge in [0.1, 0.15) is 11.2 Å². The van der Waals surface area contributed by atoms with Gasteiger partial charge in [-0.2, -0.15) is 0 Å². The molecule has 0 radical (unpaired) electrons. The Morgan fingerprint density at radius 2 is 2.62 bits per heavy atom. The van der Waals surface area contributed by atoms with Gasteiger partial charge >= 0.3 is 0 Å². The van der Waals surface area contributed by atoms with E-state index in [0.29, 0.717) is 0 Å². The second-order valence-electron chi connectivity index (χ2n) is 1.62. The predicted molar refractivity (Wildman–Crippen MR) is 34.5 cm³/mol. The minimum absolute atomic E-state index is 0.722. The summed E-state index contributed by atoms with van der Waals surface area (Å²) in [5.41, 5.74) is 0.892. The van der Waals surface area contributed by atoms with Gasteiger partial charge in [-0.15, -0.1) is 6.42 Å². The van der Waals surface area contributed by atoms with Crippen molar-refractivity contribution in [2.75, 3.05) is 5.75 Å². The van der Waals surface area contributed by atoms with Gasteiger partial charge in [-0.25, -0.2) is 0 Å². The first-order chi connectivity index (χ1) is 3.83. The van der Waals surface area contributed by atoms with E-state index < -0.39 is 11.2 Å². The topological polar surface area (TPSA) is 23.1 Å². The zero-order valence-corrected chi connectivity index (χ0v) is 5.20. The molecule has 1 aliphatic heterocycles. The molecule has 0 spiro atoms. The number of hydrogen-bond donors (Lipinski definition) is 0. The maximum atomic E-state index is 10.6. The SMILES string of the molecule is C#CC1=C[S+]([O-])CC1. The van der Waals surface area contributed by atoms with Crippen molar-refractivity contribution in [2.45, 2.75) is 6.42 Å². The number of hydrogen-bond acceptors (Lipinski definition) is 1. The van der Waals surface area contributed by atoms with Gasteiger partial charge in [-0.3, -0.25) is 0 Å². The Morgan fingerprint density at radius 1 is 1.88 bits per heavy atom. The summed E-state index contributed by atoms with van der Waals surface area (Å²) < 4.78 is 10.6. The van der Waals surface area contributed by atoms with Crippen LogP contribution in [0.2, 0.25) is 0 Å². The standard InChI is InChI=1S/C6H6OS/c1-2-6-3-4-8(7)5-6/h1,5H,3-4H2. The molecule has 0 saturated heterocycles. The molecular formula is C6H6OS. The third-order valence-corrected chi connectivity index (χ3v) is 2.19. The lowest BCUT2D eigenvalue weighted by atomic mass is 10.3. The Morgan fingerprint density at radius 3 is 2.88 bits per heavy atom. The highest BCUT2D eigenvalue weighted by molar-refractivity contribution is 7.94. The molecule has 0 fully saturated rings. The smallest absolute Gasteiger partial charge is 0.128 e. The van der Waals surface area contributed by atoms with Gasteiger partial charge in [0.05, 0.1) is 5.57 Å². The third kappa shape index (κ3) is 1.06. The van der Waals surface area contributed by atoms with Crippen LogP contribution < -0.4 is 0 Å². The molecule has 0 aliphatic carbocycles. The van der Waals surface area contributed by atoms with Crippen LogP contribution in [-0.4, -0.2) is 10.3 Å². The molecule has 2 heteroatoms. The largest absolute Gasteiger partial charge is 0.612 e. The van der Waals surface area contributed by atoms with Crippen LogP contribution >= 0.6 is 0 Å². The fourth-order valence-corrected chi connectivity index (χ4v) is 1.64. The van der Waals surface area contributed by atoms with Crippen molar-refractivity contribution < 1.29 is 4.55 Å². The summed E-state index contributed by atoms with van der Waals surface area (Å²) in [6.07, 6.45) is 5.87. The second-order valence-corrected chi connectivity index (χ2v) is 3.03. The van der Waals surface area contributed by atoms with Gasteiger partial charge < -0.3 is 4.55 Å². The normalized spacial score (nSPS) is 27.0. The number of rotatable bonds is 0. The fourth-order valence-electron chi connectivity index (χ4n) is 0.593. The van der Waals surface area contributed by atoms with Crippen molar-refractivity contribution in [3.63, 3.8) is 0 Å². The quantitative estimate of drug-likeness (QED) is 0.345. The van der Waals surface area contributed by atoms with Gasteiger partial charge in [0.25, 0.3) is 0 Å². The molecule has 0 saturated carbocycles. The van der Waals surface area contributed by atoms with Crippen LogP contribution in [0.4, 0.5) is 0 Å². The number of terminal acetylenes is 1. The summed E-state index contributed by atoms with van der Waals surface area (Å²) >= 11 is -0.757. The summed E-state index contributed by atoms with van der Waals surface area (Å²) in [5.74, 6) is 3.18. The van der Waals surface area contributed by atoms with Gasteiger partial charge in [-0.1, -0.05) is 5.92 Å². The third-order valence-electron chi connectivity index (χ3n) is 1.03. The predicted octanol–water partition coefficient (Wildman–Crippen LogP) is 0.656. The number of allylic oxidation sites excluding steroid dienone is 1. The van der Waals surface area contributed by atoms with E-state index in [2.05, 4.69) is 5.92 Å². The molecule has 0 aromatic heterocycles. The minimum Gasteiger partial charge on any atom is -0.612 e. The van der Waals surface area contributed by atoms with Gasteiger partial charge in [0, 0.05) is 6.42 Å². The fraction of sp³-hybridized carbons (Fsp3) is 0.333. The highest BCUT2D eigenvalue weighted by atomic mass is 32.2. The minimum atomic E-state index is -0.757. The lowest BCUT2D eigenvalue weighted by Gasteiger charge is -1.92. The van der Waals surface area contributed by atoms with E-state index in [1.54, 1.807) is 5.41 Å². The van der Waals surface area contributed by atoms with Crippen LogP contribution in [0.1, 0.15) is 6.42 Å². The molecule has 42 valence electrons. The van der Waals surface area contributed by atoms with Crippen molar-refractivity contribution in [1.29, 1.82) is 0 Å². The average Bonchev–Trinajstić information content (AvgIpc) is 2.14. The van der Waals surface area contributed by atoms with E-state index in [1.807, 2.05) is 0 Å². The van der Waals surface area contributed by atoms with E-state index in [9.17, 15) is 4.55 Å². The molecule has 1 nitrogen and oxygen atoms in total. The molecule has 1 aliphatic rings. The lowest BCUT2D eigenvalue weighted by molar-refractivity contribution is 0.605. The van der Waals surface area contributed by atoms with Crippen LogP contribution in [0.5, 0.6) is 0 Å². The molecule has 1 unspecified atom stereocenters. The van der Waals surface area contributed by atoms with Crippen LogP contribution in [0.15, 0.2) is 11.0 Å². The molecule has 8 heavy (non-hydrogen) atoms. The second kappa shape index (κ2) is 2.25. The van der Waals surface area contributed by atoms with Crippen molar-refractivity contribution >= 4 is 11.2 Å². The summed E-state index contributed by atoms with van der Waals surface area (Å²) in [4.78, 5) is 0. The van der Waals surface area contributed by atoms with E-state index >= 15 is 0 Å². The molecule has 1 rings (SSSR count). The summed E-state index contributed by atoms with van der Waals surface area (Å²) in [5, 5.41) is 1.65. The summed E-state index contributed by atoms with van der Waals surface area (Å²) in [6.45, 7) is 0. The molecule has 1 atom stereocenters. The molecule has 0 aromatic rings. The Labute approximate surface area is 52.0 Å². The van der Waals surface area contributed by atoms with Crippen molar-refractivity contribution in [1.82, 2.24) is 0 Å². The zero-order chi connectivity index (χ0) is 5.98. The van der Waals surface area contributed by atoms with Crippen molar-refractivity contribution in [3.05, 3.63) is 11.0 Å². The van der Waals surface area contributed by atoms with Crippen molar-refractivity contribution in [2.24, 2.45) is 0 Å². The monoisotopic (exact) mass is 126 g/mol. The van der Waals surface area contributed by atoms with Crippen molar-refractivity contribution in [3.8, 4) is 12.3 Å². The van der Waals surface area contributed by atoms with Gasteiger partial charge in [0.2, 0.25) is 0 Å². The summed E-state index contributed by atoms with van der Waals surface area (Å²) in [7, 11) is 0. The lowest BCUT2D eigenvalue weighted by Crippen LogP contribution is -1.92. The first-order valence-corrected chi connectivity index (χ1v) is 3.75. The molecule has 0 amide bonds. The van der Waals surface area contributed by atoms with Crippen LogP contribution in [0, 0.1) is 12.3 Å². The first-order valence-electron chi connectivity index (χ1n) is 2.37. The Bertz CT molecular complexity index is 154. The highest BCUT2D eigenvalue weighted by Gasteiger charge is 2.13. The van der Waals surface area contributed by atoms with Crippen LogP contribution in [0.3, 0.4) is 0 Å². The molecule has 0 N–H and O–H groups in total. The van der Waals surface area contributed by atoms with Gasteiger partial charge in [-0.05, 0) is 11.2 Å². The summed E-state index contributed by atoms with van der Waals surface area (Å²) in [6, 6.07) is 0. The highest BCUT2D eigenvalue weighted by Crippen LogP contribution is 2.14. The van der Waals surface area contributed by atoms with E-state index in [4.69, 9.17) is 6.42 Å². The van der Waals surface area contributed by atoms with E-state index in [1.165, 1.54) is 0 Å². The molecular weight excluding hydrogens is 120 g/mol. The van der Waals surface area contributed by atoms with Crippen LogP contribution in [-0.2, 0) is 11.2 Å². The van der Waals surface area contributed by atoms with Gasteiger partial charge in [0.15, 0.2) is 0 Å². The molecule has 0 bridgehead atoms. The maximum Gasteiger partial charge on any atom is 0.128 e. The molecule has 0 aromatic carbocycles. The van der Waals surface area contributed by atoms with Crippen LogP contribution in [0.25, 0.3) is 0 Å². The Balaban J connectivity index is 2.61. The zero-order valence-electron chi connectivity index (χ0n) is 4.39. The first kappa shape index (κ1) is 5.74.